The molecule has 0 bridgehead atoms. The van der Waals surface area contributed by atoms with E-state index in [9.17, 15) is 4.79 Å². The first kappa shape index (κ1) is 14.0. The van der Waals surface area contributed by atoms with Crippen LogP contribution in [0.3, 0.4) is 0 Å². The van der Waals surface area contributed by atoms with Crippen LogP contribution in [0, 0.1) is 0 Å². The molecule has 0 radical (unpaired) electrons. The number of thiazole rings is 1. The fourth-order valence-electron chi connectivity index (χ4n) is 1.19. The van der Waals surface area contributed by atoms with Crippen molar-refractivity contribution in [3.8, 4) is 0 Å². The molecule has 17 heavy (non-hydrogen) atoms. The number of hydrogen-bond donors (Lipinski definition) is 0. The summed E-state index contributed by atoms with van der Waals surface area (Å²) in [7, 11) is 1.72. The third-order valence-corrected chi connectivity index (χ3v) is 2.92. The van der Waals surface area contributed by atoms with Gasteiger partial charge in [-0.2, -0.15) is 0 Å². The molecule has 4 nitrogen and oxygen atoms in total. The van der Waals surface area contributed by atoms with Crippen LogP contribution in [0.25, 0.3) is 0 Å². The van der Waals surface area contributed by atoms with Gasteiger partial charge in [0.15, 0.2) is 0 Å². The Labute approximate surface area is 107 Å². The maximum atomic E-state index is 11.7. The van der Waals surface area contributed by atoms with Gasteiger partial charge in [-0.3, -0.25) is 0 Å². The lowest BCUT2D eigenvalue weighted by atomic mass is 10.2. The molecule has 0 aliphatic carbocycles. The Bertz CT molecular complexity index is 382. The quantitative estimate of drug-likeness (QED) is 0.834. The molecule has 0 atom stereocenters. The molecule has 5 heteroatoms. The second kappa shape index (κ2) is 5.49. The molecule has 0 aromatic carbocycles. The molecule has 0 N–H and O–H groups in total. The van der Waals surface area contributed by atoms with Gasteiger partial charge < -0.3 is 9.64 Å². The van der Waals surface area contributed by atoms with Gasteiger partial charge in [-0.05, 0) is 27.2 Å². The van der Waals surface area contributed by atoms with E-state index < -0.39 is 5.60 Å². The number of amides is 1. The predicted octanol–water partition coefficient (Wildman–Crippen LogP) is 3.07. The summed E-state index contributed by atoms with van der Waals surface area (Å²) in [6.07, 6.45) is 0.609. The van der Waals surface area contributed by atoms with E-state index in [0.29, 0.717) is 6.54 Å². The van der Waals surface area contributed by atoms with Gasteiger partial charge in [-0.25, -0.2) is 9.78 Å². The maximum Gasteiger partial charge on any atom is 0.410 e. The SMILES string of the molecule is CCc1csc(CN(C)C(=O)OC(C)(C)C)n1. The van der Waals surface area contributed by atoms with Crippen LogP contribution in [-0.4, -0.2) is 28.6 Å². The summed E-state index contributed by atoms with van der Waals surface area (Å²) >= 11 is 1.58. The fourth-order valence-corrected chi connectivity index (χ4v) is 2.12. The van der Waals surface area contributed by atoms with Crippen molar-refractivity contribution in [1.29, 1.82) is 0 Å². The van der Waals surface area contributed by atoms with Gasteiger partial charge in [0.2, 0.25) is 0 Å². The molecule has 1 aromatic rings. The molecule has 0 unspecified atom stereocenters. The lowest BCUT2D eigenvalue weighted by Crippen LogP contribution is -2.33. The Morgan fingerprint density at radius 2 is 2.18 bits per heavy atom. The highest BCUT2D eigenvalue weighted by molar-refractivity contribution is 7.09. The monoisotopic (exact) mass is 256 g/mol. The summed E-state index contributed by atoms with van der Waals surface area (Å²) in [4.78, 5) is 17.7. The average Bonchev–Trinajstić information content (AvgIpc) is 2.62. The number of ether oxygens (including phenoxy) is 1. The average molecular weight is 256 g/mol. The predicted molar refractivity (Wildman–Crippen MR) is 69.2 cm³/mol. The lowest BCUT2D eigenvalue weighted by molar-refractivity contribution is 0.0285. The minimum absolute atomic E-state index is 0.314. The molecule has 1 aromatic heterocycles. The van der Waals surface area contributed by atoms with Crippen molar-refractivity contribution in [3.05, 3.63) is 16.1 Å². The summed E-state index contributed by atoms with van der Waals surface area (Å²) in [6.45, 7) is 8.14. The van der Waals surface area contributed by atoms with Crippen molar-refractivity contribution in [2.45, 2.75) is 46.3 Å². The largest absolute Gasteiger partial charge is 0.444 e. The molecule has 0 fully saturated rings. The van der Waals surface area contributed by atoms with Crippen LogP contribution < -0.4 is 0 Å². The zero-order valence-electron chi connectivity index (χ0n) is 11.1. The van der Waals surface area contributed by atoms with Gasteiger partial charge in [0.25, 0.3) is 0 Å². The Kier molecular flexibility index (Phi) is 4.51. The van der Waals surface area contributed by atoms with Crippen molar-refractivity contribution in [3.63, 3.8) is 0 Å². The molecule has 1 amide bonds. The zero-order valence-corrected chi connectivity index (χ0v) is 11.9. The number of nitrogens with zero attached hydrogens (tertiary/aromatic N) is 2. The summed E-state index contributed by atoms with van der Waals surface area (Å²) in [5.74, 6) is 0. The molecule has 0 saturated heterocycles. The standard InChI is InChI=1S/C12H20N2O2S/c1-6-9-8-17-10(13-9)7-14(5)11(15)16-12(2,3)4/h8H,6-7H2,1-5H3. The maximum absolute atomic E-state index is 11.7. The van der Waals surface area contributed by atoms with Gasteiger partial charge in [0.1, 0.15) is 10.6 Å². The summed E-state index contributed by atoms with van der Waals surface area (Å²) < 4.78 is 5.27. The first-order valence-corrected chi connectivity index (χ1v) is 6.57. The molecule has 1 rings (SSSR count). The van der Waals surface area contributed by atoms with Crippen molar-refractivity contribution in [2.75, 3.05) is 7.05 Å². The Morgan fingerprint density at radius 1 is 1.53 bits per heavy atom. The molecular formula is C12H20N2O2S. The molecule has 0 saturated carbocycles. The smallest absolute Gasteiger partial charge is 0.410 e. The normalized spacial score (nSPS) is 11.4. The van der Waals surface area contributed by atoms with E-state index in [1.165, 1.54) is 0 Å². The van der Waals surface area contributed by atoms with Crippen LogP contribution in [0.4, 0.5) is 4.79 Å². The Balaban J connectivity index is 2.54. The van der Waals surface area contributed by atoms with Gasteiger partial charge in [0, 0.05) is 12.4 Å². The number of hydrogen-bond acceptors (Lipinski definition) is 4. The highest BCUT2D eigenvalue weighted by Gasteiger charge is 2.20. The van der Waals surface area contributed by atoms with Crippen LogP contribution in [0.5, 0.6) is 0 Å². The molecule has 1 heterocycles. The Hall–Kier alpha value is -1.10. The first-order chi connectivity index (χ1) is 7.81. The summed E-state index contributed by atoms with van der Waals surface area (Å²) in [6, 6.07) is 0. The number of aromatic nitrogens is 1. The van der Waals surface area contributed by atoms with E-state index in [4.69, 9.17) is 4.74 Å². The van der Waals surface area contributed by atoms with E-state index in [2.05, 4.69) is 11.9 Å². The first-order valence-electron chi connectivity index (χ1n) is 5.69. The van der Waals surface area contributed by atoms with E-state index in [1.807, 2.05) is 26.2 Å². The van der Waals surface area contributed by atoms with E-state index >= 15 is 0 Å². The van der Waals surface area contributed by atoms with Crippen molar-refractivity contribution >= 4 is 17.4 Å². The number of aryl methyl sites for hydroxylation is 1. The summed E-state index contributed by atoms with van der Waals surface area (Å²) in [5, 5.41) is 2.97. The third-order valence-electron chi connectivity index (χ3n) is 2.04. The minimum Gasteiger partial charge on any atom is -0.444 e. The molecule has 0 spiro atoms. The topological polar surface area (TPSA) is 42.4 Å². The van der Waals surface area contributed by atoms with Crippen molar-refractivity contribution in [2.24, 2.45) is 0 Å². The minimum atomic E-state index is -0.456. The van der Waals surface area contributed by atoms with Crippen LogP contribution in [-0.2, 0) is 17.7 Å². The highest BCUT2D eigenvalue weighted by Crippen LogP contribution is 2.14. The second-order valence-electron chi connectivity index (χ2n) is 4.92. The van der Waals surface area contributed by atoms with E-state index in [0.717, 1.165) is 17.1 Å². The number of carbonyl (C=O) groups is 1. The fraction of sp³-hybridized carbons (Fsp3) is 0.667. The van der Waals surface area contributed by atoms with Crippen molar-refractivity contribution < 1.29 is 9.53 Å². The van der Waals surface area contributed by atoms with Crippen LogP contribution in [0.15, 0.2) is 5.38 Å². The van der Waals surface area contributed by atoms with Crippen LogP contribution >= 0.6 is 11.3 Å². The van der Waals surface area contributed by atoms with Gasteiger partial charge >= 0.3 is 6.09 Å². The van der Waals surface area contributed by atoms with Gasteiger partial charge in [-0.15, -0.1) is 11.3 Å². The highest BCUT2D eigenvalue weighted by atomic mass is 32.1. The van der Waals surface area contributed by atoms with Gasteiger partial charge in [-0.1, -0.05) is 6.92 Å². The Morgan fingerprint density at radius 3 is 2.65 bits per heavy atom. The van der Waals surface area contributed by atoms with Crippen LogP contribution in [0.1, 0.15) is 38.4 Å². The lowest BCUT2D eigenvalue weighted by Gasteiger charge is -2.24. The van der Waals surface area contributed by atoms with E-state index in [1.54, 1.807) is 23.3 Å². The molecular weight excluding hydrogens is 236 g/mol. The number of rotatable bonds is 3. The van der Waals surface area contributed by atoms with Gasteiger partial charge in [0.05, 0.1) is 12.2 Å². The van der Waals surface area contributed by atoms with Crippen LogP contribution in [0.2, 0.25) is 0 Å². The van der Waals surface area contributed by atoms with E-state index in [-0.39, 0.29) is 6.09 Å². The third kappa shape index (κ3) is 4.73. The molecule has 96 valence electrons. The molecule has 0 aliphatic heterocycles. The zero-order chi connectivity index (χ0) is 13.1. The number of carbonyl (C=O) groups excluding carboxylic acids is 1. The second-order valence-corrected chi connectivity index (χ2v) is 5.87. The summed E-state index contributed by atoms with van der Waals surface area (Å²) in [5.41, 5.74) is 0.616. The van der Waals surface area contributed by atoms with Crippen molar-refractivity contribution in [1.82, 2.24) is 9.88 Å². The molecule has 0 aliphatic rings.